The minimum Gasteiger partial charge on any atom is -0.489 e. The number of tetrazole rings is 1. The fourth-order valence-electron chi connectivity index (χ4n) is 4.46. The molecule has 11 nitrogen and oxygen atoms in total. The minimum atomic E-state index is -0.990. The summed E-state index contributed by atoms with van der Waals surface area (Å²) in [5.41, 5.74) is 2.46. The second-order valence-electron chi connectivity index (χ2n) is 9.32. The van der Waals surface area contributed by atoms with Crippen molar-refractivity contribution in [2.24, 2.45) is 5.92 Å². The van der Waals surface area contributed by atoms with Gasteiger partial charge in [-0.3, -0.25) is 9.36 Å². The molecule has 11 heteroatoms. The Bertz CT molecular complexity index is 1520. The molecule has 0 radical (unpaired) electrons. The number of aryl methyl sites for hydroxylation is 1. The molecular weight excluding hydrogens is 498 g/mol. The average molecular weight is 528 g/mol. The van der Waals surface area contributed by atoms with E-state index < -0.39 is 17.9 Å². The number of carboxylic acids is 1. The summed E-state index contributed by atoms with van der Waals surface area (Å²) in [5.74, 6) is 0.0591. The van der Waals surface area contributed by atoms with Gasteiger partial charge in [0.05, 0.1) is 12.6 Å². The zero-order chi connectivity index (χ0) is 27.2. The number of H-pyrrole nitrogens is 1. The first kappa shape index (κ1) is 25.8. The lowest BCUT2D eigenvalue weighted by Gasteiger charge is -2.19. The number of nitrogens with zero attached hydrogens (tertiary/aromatic N) is 6. The van der Waals surface area contributed by atoms with Crippen LogP contribution in [-0.4, -0.2) is 46.0 Å². The SMILES string of the molecule is CCCCc1nn(C2C=CC=CC2C(=O)O)c(=O)n1Cc1ccc(OCc2ccc(-c3nn[nH]n3)cc2)cc1. The number of unbranched alkanes of at least 4 members (excludes halogenated alkanes) is 1. The van der Waals surface area contributed by atoms with Gasteiger partial charge in [0.25, 0.3) is 0 Å². The topological polar surface area (TPSA) is 141 Å². The first-order valence-electron chi connectivity index (χ1n) is 12.8. The summed E-state index contributed by atoms with van der Waals surface area (Å²) in [7, 11) is 0. The second kappa shape index (κ2) is 11.7. The highest BCUT2D eigenvalue weighted by atomic mass is 16.5. The van der Waals surface area contributed by atoms with Crippen LogP contribution in [0.5, 0.6) is 5.75 Å². The number of rotatable bonds is 11. The van der Waals surface area contributed by atoms with Crippen LogP contribution >= 0.6 is 0 Å². The lowest BCUT2D eigenvalue weighted by atomic mass is 9.95. The van der Waals surface area contributed by atoms with E-state index in [4.69, 9.17) is 4.74 Å². The predicted molar refractivity (Wildman–Crippen MR) is 143 cm³/mol. The normalized spacial score (nSPS) is 16.4. The van der Waals surface area contributed by atoms with Crippen LogP contribution in [0.25, 0.3) is 11.4 Å². The minimum absolute atomic E-state index is 0.318. The fourth-order valence-corrected chi connectivity index (χ4v) is 4.46. The number of aromatic amines is 1. The molecule has 39 heavy (non-hydrogen) atoms. The number of aromatic nitrogens is 7. The maximum Gasteiger partial charge on any atom is 0.346 e. The maximum atomic E-state index is 13.4. The van der Waals surface area contributed by atoms with Gasteiger partial charge in [-0.2, -0.15) is 10.3 Å². The van der Waals surface area contributed by atoms with E-state index in [1.165, 1.54) is 4.68 Å². The van der Waals surface area contributed by atoms with E-state index in [2.05, 4.69) is 32.6 Å². The third-order valence-corrected chi connectivity index (χ3v) is 6.62. The molecule has 0 saturated carbocycles. The monoisotopic (exact) mass is 527 g/mol. The zero-order valence-electron chi connectivity index (χ0n) is 21.5. The van der Waals surface area contributed by atoms with E-state index in [1.54, 1.807) is 28.9 Å². The Morgan fingerprint density at radius 3 is 2.49 bits per heavy atom. The van der Waals surface area contributed by atoms with Crippen LogP contribution in [0.4, 0.5) is 0 Å². The van der Waals surface area contributed by atoms with Gasteiger partial charge < -0.3 is 9.84 Å². The average Bonchev–Trinajstić information content (AvgIpc) is 3.61. The van der Waals surface area contributed by atoms with Crippen molar-refractivity contribution in [3.8, 4) is 17.1 Å². The van der Waals surface area contributed by atoms with Crippen molar-refractivity contribution in [2.75, 3.05) is 0 Å². The molecule has 2 heterocycles. The summed E-state index contributed by atoms with van der Waals surface area (Å²) >= 11 is 0. The zero-order valence-corrected chi connectivity index (χ0v) is 21.5. The Morgan fingerprint density at radius 2 is 1.79 bits per heavy atom. The molecule has 2 unspecified atom stereocenters. The van der Waals surface area contributed by atoms with E-state index >= 15 is 0 Å². The first-order chi connectivity index (χ1) is 19.0. The Kier molecular flexibility index (Phi) is 7.76. The van der Waals surface area contributed by atoms with Crippen molar-refractivity contribution in [1.29, 1.82) is 0 Å². The van der Waals surface area contributed by atoms with Crippen LogP contribution in [0.1, 0.15) is 42.8 Å². The van der Waals surface area contributed by atoms with E-state index in [0.29, 0.717) is 37.0 Å². The van der Waals surface area contributed by atoms with Crippen LogP contribution < -0.4 is 10.4 Å². The molecule has 0 saturated heterocycles. The van der Waals surface area contributed by atoms with E-state index in [0.717, 1.165) is 29.5 Å². The van der Waals surface area contributed by atoms with Gasteiger partial charge in [-0.05, 0) is 34.9 Å². The largest absolute Gasteiger partial charge is 0.489 e. The highest BCUT2D eigenvalue weighted by Gasteiger charge is 2.30. The molecule has 200 valence electrons. The number of carbonyl (C=O) groups is 1. The van der Waals surface area contributed by atoms with Gasteiger partial charge in [-0.15, -0.1) is 10.2 Å². The van der Waals surface area contributed by atoms with Gasteiger partial charge in [0, 0.05) is 12.0 Å². The second-order valence-corrected chi connectivity index (χ2v) is 9.32. The molecule has 0 aliphatic heterocycles. The summed E-state index contributed by atoms with van der Waals surface area (Å²) in [5, 5.41) is 28.2. The summed E-state index contributed by atoms with van der Waals surface area (Å²) in [6.45, 7) is 2.81. The molecule has 5 rings (SSSR count). The smallest absolute Gasteiger partial charge is 0.346 e. The molecule has 0 fully saturated rings. The van der Waals surface area contributed by atoms with Crippen molar-refractivity contribution in [2.45, 2.75) is 45.4 Å². The van der Waals surface area contributed by atoms with Gasteiger partial charge >= 0.3 is 11.7 Å². The third kappa shape index (κ3) is 5.87. The molecule has 1 aliphatic rings. The Hall–Kier alpha value is -4.80. The highest BCUT2D eigenvalue weighted by molar-refractivity contribution is 5.73. The number of aliphatic carboxylic acids is 1. The van der Waals surface area contributed by atoms with Crippen LogP contribution in [-0.2, 0) is 24.4 Å². The third-order valence-electron chi connectivity index (χ3n) is 6.62. The van der Waals surface area contributed by atoms with Crippen molar-refractivity contribution in [1.82, 2.24) is 35.0 Å². The van der Waals surface area contributed by atoms with E-state index in [-0.39, 0.29) is 5.69 Å². The number of hydrogen-bond acceptors (Lipinski definition) is 7. The molecule has 2 aromatic heterocycles. The molecular formula is C28H29N7O4. The maximum absolute atomic E-state index is 13.4. The molecule has 1 aliphatic carbocycles. The Balaban J connectivity index is 1.28. The molecule has 2 aromatic carbocycles. The summed E-state index contributed by atoms with van der Waals surface area (Å²) in [6.07, 6.45) is 9.21. The predicted octanol–water partition coefficient (Wildman–Crippen LogP) is 3.56. The highest BCUT2D eigenvalue weighted by Crippen LogP contribution is 2.24. The molecule has 4 aromatic rings. The quantitative estimate of drug-likeness (QED) is 0.302. The fraction of sp³-hybridized carbons (Fsp3) is 0.286. The number of nitrogens with one attached hydrogen (secondary N) is 1. The summed E-state index contributed by atoms with van der Waals surface area (Å²) < 4.78 is 8.89. The Labute approximate surface area is 224 Å². The lowest BCUT2D eigenvalue weighted by Crippen LogP contribution is -2.34. The molecule has 0 amide bonds. The van der Waals surface area contributed by atoms with Crippen molar-refractivity contribution < 1.29 is 14.6 Å². The van der Waals surface area contributed by atoms with Crippen LogP contribution in [0.2, 0.25) is 0 Å². The number of carboxylic acid groups (broad SMARTS) is 1. The lowest BCUT2D eigenvalue weighted by molar-refractivity contribution is -0.141. The first-order valence-corrected chi connectivity index (χ1v) is 12.8. The van der Waals surface area contributed by atoms with Crippen LogP contribution in [0.15, 0.2) is 77.6 Å². The molecule has 2 atom stereocenters. The van der Waals surface area contributed by atoms with E-state index in [9.17, 15) is 14.7 Å². The van der Waals surface area contributed by atoms with Crippen LogP contribution in [0, 0.1) is 5.92 Å². The molecule has 2 N–H and O–H groups in total. The van der Waals surface area contributed by atoms with Crippen molar-refractivity contribution in [3.05, 3.63) is 100 Å². The Morgan fingerprint density at radius 1 is 1.05 bits per heavy atom. The van der Waals surface area contributed by atoms with Gasteiger partial charge in [-0.25, -0.2) is 9.48 Å². The van der Waals surface area contributed by atoms with Crippen molar-refractivity contribution >= 4 is 5.97 Å². The summed E-state index contributed by atoms with van der Waals surface area (Å²) in [6, 6.07) is 14.7. The molecule has 0 spiro atoms. The van der Waals surface area contributed by atoms with Crippen LogP contribution in [0.3, 0.4) is 0 Å². The van der Waals surface area contributed by atoms with Gasteiger partial charge in [-0.1, -0.05) is 74.0 Å². The summed E-state index contributed by atoms with van der Waals surface area (Å²) in [4.78, 5) is 25.2. The number of benzene rings is 2. The number of allylic oxidation sites excluding steroid dienone is 3. The van der Waals surface area contributed by atoms with E-state index in [1.807, 2.05) is 48.5 Å². The number of ether oxygens (including phenoxy) is 1. The van der Waals surface area contributed by atoms with Gasteiger partial charge in [0.15, 0.2) is 0 Å². The number of hydrogen-bond donors (Lipinski definition) is 2. The molecule has 0 bridgehead atoms. The van der Waals surface area contributed by atoms with Gasteiger partial charge in [0.2, 0.25) is 5.82 Å². The standard InChI is InChI=1S/C28H29N7O4/c1-2-3-8-25-31-35(24-7-5-4-6-23(24)27(36)37)28(38)34(25)17-19-11-15-22(16-12-19)39-18-20-9-13-21(14-10-20)26-29-32-33-30-26/h4-7,9-16,23-24H,2-3,8,17-18H2,1H3,(H,36,37)(H,29,30,32,33). The van der Waals surface area contributed by atoms with Gasteiger partial charge in [0.1, 0.15) is 24.1 Å². The van der Waals surface area contributed by atoms with Crippen molar-refractivity contribution in [3.63, 3.8) is 0 Å².